The van der Waals surface area contributed by atoms with E-state index in [1.807, 2.05) is 4.90 Å². The number of halogens is 1. The Kier molecular flexibility index (Phi) is 4.80. The van der Waals surface area contributed by atoms with Crippen molar-refractivity contribution in [1.82, 2.24) is 10.3 Å². The minimum Gasteiger partial charge on any atom is -0.386 e. The standard InChI is InChI=1S/C17H24FN3O2/c18-14-6-7-15(19-10-14)21-9-3-8-17(23,12-21)11-20-16(22)13-4-1-2-5-13/h6-7,10,13,23H,1-5,8-9,11-12H2,(H,20,22)/t17-/m1/s1. The minimum absolute atomic E-state index is 0.0629. The number of carbonyl (C=O) groups excluding carboxylic acids is 1. The average molecular weight is 321 g/mol. The van der Waals surface area contributed by atoms with Crippen LogP contribution in [0.2, 0.25) is 0 Å². The molecule has 2 fully saturated rings. The van der Waals surface area contributed by atoms with E-state index in [1.54, 1.807) is 6.07 Å². The molecule has 1 aliphatic heterocycles. The van der Waals surface area contributed by atoms with Crippen molar-refractivity contribution in [3.05, 3.63) is 24.1 Å². The highest BCUT2D eigenvalue weighted by atomic mass is 19.1. The van der Waals surface area contributed by atoms with Crippen LogP contribution in [0.5, 0.6) is 0 Å². The van der Waals surface area contributed by atoms with E-state index in [-0.39, 0.29) is 24.2 Å². The molecule has 126 valence electrons. The fourth-order valence-electron chi connectivity index (χ4n) is 3.59. The molecule has 23 heavy (non-hydrogen) atoms. The van der Waals surface area contributed by atoms with E-state index in [9.17, 15) is 14.3 Å². The minimum atomic E-state index is -0.956. The van der Waals surface area contributed by atoms with Gasteiger partial charge >= 0.3 is 0 Å². The number of nitrogens with one attached hydrogen (secondary N) is 1. The third kappa shape index (κ3) is 3.99. The largest absolute Gasteiger partial charge is 0.386 e. The zero-order valence-electron chi connectivity index (χ0n) is 13.3. The number of β-amino-alcohol motifs (C(OH)–C–C–N with tert-alkyl or cyclic N) is 1. The first-order chi connectivity index (χ1) is 11.1. The van der Waals surface area contributed by atoms with Crippen LogP contribution in [-0.2, 0) is 4.79 Å². The summed E-state index contributed by atoms with van der Waals surface area (Å²) in [7, 11) is 0. The first-order valence-corrected chi connectivity index (χ1v) is 8.42. The van der Waals surface area contributed by atoms with Crippen molar-refractivity contribution in [1.29, 1.82) is 0 Å². The van der Waals surface area contributed by atoms with Crippen molar-refractivity contribution in [2.45, 2.75) is 44.1 Å². The van der Waals surface area contributed by atoms with Gasteiger partial charge in [-0.15, -0.1) is 0 Å². The number of piperidine rings is 1. The van der Waals surface area contributed by atoms with Crippen LogP contribution in [-0.4, -0.2) is 41.2 Å². The van der Waals surface area contributed by atoms with E-state index in [0.717, 1.165) is 38.6 Å². The zero-order chi connectivity index (χ0) is 16.3. The molecule has 1 saturated carbocycles. The fraction of sp³-hybridized carbons (Fsp3) is 0.647. The van der Waals surface area contributed by atoms with E-state index >= 15 is 0 Å². The number of rotatable bonds is 4. The topological polar surface area (TPSA) is 65.5 Å². The summed E-state index contributed by atoms with van der Waals surface area (Å²) in [5, 5.41) is 13.7. The summed E-state index contributed by atoms with van der Waals surface area (Å²) in [6.45, 7) is 1.44. The Labute approximate surface area is 135 Å². The van der Waals surface area contributed by atoms with Crippen molar-refractivity contribution in [3.8, 4) is 0 Å². The smallest absolute Gasteiger partial charge is 0.223 e. The third-order valence-corrected chi connectivity index (χ3v) is 4.91. The summed E-state index contributed by atoms with van der Waals surface area (Å²) < 4.78 is 13.0. The van der Waals surface area contributed by atoms with E-state index in [0.29, 0.717) is 18.8 Å². The number of aliphatic hydroxyl groups is 1. The fourth-order valence-corrected chi connectivity index (χ4v) is 3.59. The second-order valence-electron chi connectivity index (χ2n) is 6.78. The Morgan fingerprint density at radius 2 is 2.17 bits per heavy atom. The molecule has 2 aliphatic rings. The monoisotopic (exact) mass is 321 g/mol. The Bertz CT molecular complexity index is 545. The number of hydrogen-bond donors (Lipinski definition) is 2. The SMILES string of the molecule is O=C(NC[C@]1(O)CCCN(c2ccc(F)cn2)C1)C1CCCC1. The Balaban J connectivity index is 1.57. The normalized spacial score (nSPS) is 25.6. The predicted molar refractivity (Wildman–Crippen MR) is 85.6 cm³/mol. The number of hydrogen-bond acceptors (Lipinski definition) is 4. The van der Waals surface area contributed by atoms with Gasteiger partial charge in [-0.2, -0.15) is 0 Å². The second kappa shape index (κ2) is 6.83. The van der Waals surface area contributed by atoms with Crippen LogP contribution in [0.3, 0.4) is 0 Å². The van der Waals surface area contributed by atoms with E-state index in [2.05, 4.69) is 10.3 Å². The van der Waals surface area contributed by atoms with Gasteiger partial charge in [0.1, 0.15) is 11.6 Å². The molecule has 2 heterocycles. The van der Waals surface area contributed by atoms with Crippen molar-refractivity contribution >= 4 is 11.7 Å². The van der Waals surface area contributed by atoms with E-state index in [1.165, 1.54) is 12.3 Å². The molecular formula is C17H24FN3O2. The van der Waals surface area contributed by atoms with Gasteiger partial charge < -0.3 is 15.3 Å². The molecule has 0 unspecified atom stereocenters. The van der Waals surface area contributed by atoms with Gasteiger partial charge in [-0.1, -0.05) is 12.8 Å². The summed E-state index contributed by atoms with van der Waals surface area (Å²) >= 11 is 0. The summed E-state index contributed by atoms with van der Waals surface area (Å²) in [5.41, 5.74) is -0.956. The molecule has 1 aromatic heterocycles. The van der Waals surface area contributed by atoms with Crippen LogP contribution in [0.4, 0.5) is 10.2 Å². The molecule has 0 aromatic carbocycles. The van der Waals surface area contributed by atoms with Crippen LogP contribution >= 0.6 is 0 Å². The van der Waals surface area contributed by atoms with Gasteiger partial charge in [0.2, 0.25) is 5.91 Å². The summed E-state index contributed by atoms with van der Waals surface area (Å²) in [4.78, 5) is 18.2. The van der Waals surface area contributed by atoms with Crippen LogP contribution in [0, 0.1) is 11.7 Å². The number of anilines is 1. The van der Waals surface area contributed by atoms with Crippen molar-refractivity contribution in [2.24, 2.45) is 5.92 Å². The van der Waals surface area contributed by atoms with E-state index in [4.69, 9.17) is 0 Å². The van der Waals surface area contributed by atoms with E-state index < -0.39 is 5.60 Å². The Morgan fingerprint density at radius 1 is 1.39 bits per heavy atom. The highest BCUT2D eigenvalue weighted by molar-refractivity contribution is 5.78. The van der Waals surface area contributed by atoms with Gasteiger partial charge in [0.15, 0.2) is 0 Å². The Morgan fingerprint density at radius 3 is 2.87 bits per heavy atom. The molecule has 1 aromatic rings. The molecule has 1 atom stereocenters. The maximum Gasteiger partial charge on any atom is 0.223 e. The molecule has 3 rings (SSSR count). The lowest BCUT2D eigenvalue weighted by Gasteiger charge is -2.40. The van der Waals surface area contributed by atoms with Crippen LogP contribution < -0.4 is 10.2 Å². The molecule has 1 amide bonds. The lowest BCUT2D eigenvalue weighted by Crippen LogP contribution is -2.55. The summed E-state index contributed by atoms with van der Waals surface area (Å²) in [6, 6.07) is 3.00. The number of amides is 1. The van der Waals surface area contributed by atoms with Crippen LogP contribution in [0.1, 0.15) is 38.5 Å². The molecule has 5 nitrogen and oxygen atoms in total. The van der Waals surface area contributed by atoms with Gasteiger partial charge in [-0.3, -0.25) is 4.79 Å². The van der Waals surface area contributed by atoms with Crippen LogP contribution in [0.25, 0.3) is 0 Å². The third-order valence-electron chi connectivity index (χ3n) is 4.91. The molecule has 2 N–H and O–H groups in total. The quantitative estimate of drug-likeness (QED) is 0.888. The van der Waals surface area contributed by atoms with Gasteiger partial charge in [0.05, 0.1) is 11.8 Å². The van der Waals surface area contributed by atoms with Gasteiger partial charge in [-0.25, -0.2) is 9.37 Å². The Hall–Kier alpha value is -1.69. The number of nitrogens with zero attached hydrogens (tertiary/aromatic N) is 2. The van der Waals surface area contributed by atoms with Crippen molar-refractivity contribution in [2.75, 3.05) is 24.5 Å². The van der Waals surface area contributed by atoms with Gasteiger partial charge in [0, 0.05) is 25.6 Å². The van der Waals surface area contributed by atoms with Crippen molar-refractivity contribution < 1.29 is 14.3 Å². The first-order valence-electron chi connectivity index (χ1n) is 8.42. The van der Waals surface area contributed by atoms with Gasteiger partial charge in [0.25, 0.3) is 0 Å². The number of carbonyl (C=O) groups is 1. The lowest BCUT2D eigenvalue weighted by atomic mass is 9.92. The number of aromatic nitrogens is 1. The predicted octanol–water partition coefficient (Wildman–Crippen LogP) is 1.86. The second-order valence-corrected chi connectivity index (χ2v) is 6.78. The number of pyridine rings is 1. The average Bonchev–Trinajstić information content (AvgIpc) is 3.08. The molecular weight excluding hydrogens is 297 g/mol. The van der Waals surface area contributed by atoms with Crippen molar-refractivity contribution in [3.63, 3.8) is 0 Å². The summed E-state index contributed by atoms with van der Waals surface area (Å²) in [5.74, 6) is 0.460. The maximum absolute atomic E-state index is 13.0. The zero-order valence-corrected chi connectivity index (χ0v) is 13.3. The first kappa shape index (κ1) is 16.2. The molecule has 1 saturated heterocycles. The lowest BCUT2D eigenvalue weighted by molar-refractivity contribution is -0.126. The molecule has 6 heteroatoms. The highest BCUT2D eigenvalue weighted by Gasteiger charge is 2.35. The molecule has 0 bridgehead atoms. The molecule has 0 radical (unpaired) electrons. The highest BCUT2D eigenvalue weighted by Crippen LogP contribution is 2.27. The molecule has 0 spiro atoms. The summed E-state index contributed by atoms with van der Waals surface area (Å²) in [6.07, 6.45) is 6.79. The maximum atomic E-state index is 13.0. The van der Waals surface area contributed by atoms with Gasteiger partial charge in [-0.05, 0) is 37.8 Å². The van der Waals surface area contributed by atoms with Crippen LogP contribution in [0.15, 0.2) is 18.3 Å². The molecule has 1 aliphatic carbocycles.